The molecule has 2 heterocycles. The molecule has 0 bridgehead atoms. The molecule has 2 rings (SSSR count). The Morgan fingerprint density at radius 3 is 3.19 bits per heavy atom. The Bertz CT molecular complexity index is 521. The van der Waals surface area contributed by atoms with Crippen LogP contribution in [0.2, 0.25) is 0 Å². The van der Waals surface area contributed by atoms with E-state index in [1.165, 1.54) is 11.3 Å². The van der Waals surface area contributed by atoms with Crippen molar-refractivity contribution in [3.05, 3.63) is 28.1 Å². The molecule has 4 nitrogen and oxygen atoms in total. The molecule has 0 radical (unpaired) electrons. The first-order chi connectivity index (χ1) is 7.83. The molecule has 0 aromatic carbocycles. The molecular weight excluding hydrogens is 244 g/mol. The van der Waals surface area contributed by atoms with E-state index in [9.17, 15) is 4.79 Å². The van der Waals surface area contributed by atoms with Crippen LogP contribution >= 0.6 is 24.0 Å². The van der Waals surface area contributed by atoms with Gasteiger partial charge in [-0.25, -0.2) is 4.98 Å². The average molecular weight is 256 g/mol. The maximum absolute atomic E-state index is 11.9. The van der Waals surface area contributed by atoms with Gasteiger partial charge in [-0.1, -0.05) is 0 Å². The summed E-state index contributed by atoms with van der Waals surface area (Å²) in [5.41, 5.74) is 0.775. The van der Waals surface area contributed by atoms with Crippen molar-refractivity contribution in [2.75, 3.05) is 19.0 Å². The van der Waals surface area contributed by atoms with Crippen LogP contribution in [-0.4, -0.2) is 28.5 Å². The van der Waals surface area contributed by atoms with E-state index in [2.05, 4.69) is 17.6 Å². The molecule has 0 N–H and O–H groups in total. The second-order valence-electron chi connectivity index (χ2n) is 3.21. The van der Waals surface area contributed by atoms with Gasteiger partial charge in [0.15, 0.2) is 0 Å². The van der Waals surface area contributed by atoms with Gasteiger partial charge in [-0.05, 0) is 11.4 Å². The Balaban J connectivity index is 2.12. The summed E-state index contributed by atoms with van der Waals surface area (Å²) in [5.74, 6) is 0.692. The Hall–Kier alpha value is -0.850. The highest BCUT2D eigenvalue weighted by atomic mass is 32.1. The Morgan fingerprint density at radius 1 is 1.50 bits per heavy atom. The maximum atomic E-state index is 11.9. The summed E-state index contributed by atoms with van der Waals surface area (Å²) in [6, 6.07) is 1.85. The van der Waals surface area contributed by atoms with Crippen LogP contribution in [-0.2, 0) is 11.3 Å². The van der Waals surface area contributed by atoms with E-state index in [1.807, 2.05) is 11.4 Å². The van der Waals surface area contributed by atoms with Gasteiger partial charge in [-0.3, -0.25) is 9.36 Å². The fraction of sp³-hybridized carbons (Fsp3) is 0.400. The summed E-state index contributed by atoms with van der Waals surface area (Å²) in [4.78, 5) is 16.1. The number of ether oxygens (including phenoxy) is 1. The molecule has 0 saturated heterocycles. The predicted octanol–water partition coefficient (Wildman–Crippen LogP) is 1.40. The zero-order valence-corrected chi connectivity index (χ0v) is 10.3. The summed E-state index contributed by atoms with van der Waals surface area (Å²) < 4.78 is 7.56. The molecule has 2 aromatic rings. The molecule has 0 saturated carbocycles. The summed E-state index contributed by atoms with van der Waals surface area (Å²) in [6.07, 6.45) is 1.57. The van der Waals surface area contributed by atoms with Gasteiger partial charge in [0.25, 0.3) is 5.56 Å². The van der Waals surface area contributed by atoms with Gasteiger partial charge in [-0.2, -0.15) is 12.6 Å². The van der Waals surface area contributed by atoms with E-state index < -0.39 is 0 Å². The topological polar surface area (TPSA) is 44.1 Å². The van der Waals surface area contributed by atoms with E-state index in [-0.39, 0.29) is 5.56 Å². The van der Waals surface area contributed by atoms with E-state index in [4.69, 9.17) is 4.74 Å². The molecule has 0 unspecified atom stereocenters. The number of fused-ring (bicyclic) bond motifs is 1. The van der Waals surface area contributed by atoms with Crippen molar-refractivity contribution in [3.8, 4) is 0 Å². The molecule has 6 heteroatoms. The van der Waals surface area contributed by atoms with Crippen LogP contribution in [0.5, 0.6) is 0 Å². The summed E-state index contributed by atoms with van der Waals surface area (Å²) in [6.45, 7) is 1.65. The molecule has 2 aromatic heterocycles. The molecule has 0 aliphatic carbocycles. The van der Waals surface area contributed by atoms with Gasteiger partial charge in [-0.15, -0.1) is 11.3 Å². The quantitative estimate of drug-likeness (QED) is 0.650. The first-order valence-electron chi connectivity index (χ1n) is 4.94. The van der Waals surface area contributed by atoms with Crippen LogP contribution < -0.4 is 5.56 Å². The van der Waals surface area contributed by atoms with Gasteiger partial charge < -0.3 is 4.74 Å². The van der Waals surface area contributed by atoms with Crippen LogP contribution in [0.4, 0.5) is 0 Å². The zero-order valence-electron chi connectivity index (χ0n) is 8.63. The first kappa shape index (κ1) is 11.6. The third kappa shape index (κ3) is 2.45. The fourth-order valence-corrected chi connectivity index (χ4v) is 2.29. The highest BCUT2D eigenvalue weighted by Gasteiger charge is 2.04. The molecular formula is C10H12N2O2S2. The molecule has 86 valence electrons. The number of thiophene rings is 1. The zero-order chi connectivity index (χ0) is 11.4. The smallest absolute Gasteiger partial charge is 0.271 e. The van der Waals surface area contributed by atoms with Crippen molar-refractivity contribution in [2.24, 2.45) is 0 Å². The molecule has 0 spiro atoms. The molecule has 0 aliphatic heterocycles. The summed E-state index contributed by atoms with van der Waals surface area (Å²) in [7, 11) is 0. The van der Waals surface area contributed by atoms with Crippen molar-refractivity contribution in [1.82, 2.24) is 9.55 Å². The van der Waals surface area contributed by atoms with Crippen molar-refractivity contribution in [2.45, 2.75) is 6.54 Å². The minimum Gasteiger partial charge on any atom is -0.379 e. The molecule has 0 amide bonds. The second-order valence-corrected chi connectivity index (χ2v) is 4.58. The van der Waals surface area contributed by atoms with Crippen LogP contribution in [0, 0.1) is 0 Å². The van der Waals surface area contributed by atoms with E-state index in [0.29, 0.717) is 30.2 Å². The number of nitrogens with zero attached hydrogens (tertiary/aromatic N) is 2. The minimum absolute atomic E-state index is 0.00877. The lowest BCUT2D eigenvalue weighted by atomic mass is 10.4. The number of rotatable bonds is 5. The fourth-order valence-electron chi connectivity index (χ4n) is 1.37. The van der Waals surface area contributed by atoms with E-state index in [1.54, 1.807) is 10.9 Å². The Labute approximate surface area is 102 Å². The predicted molar refractivity (Wildman–Crippen MR) is 68.6 cm³/mol. The van der Waals surface area contributed by atoms with Gasteiger partial charge in [0.2, 0.25) is 0 Å². The highest BCUT2D eigenvalue weighted by molar-refractivity contribution is 7.80. The minimum atomic E-state index is 0.00877. The number of aromatic nitrogens is 2. The highest BCUT2D eigenvalue weighted by Crippen LogP contribution is 2.12. The van der Waals surface area contributed by atoms with Crippen molar-refractivity contribution >= 4 is 34.2 Å². The van der Waals surface area contributed by atoms with Crippen molar-refractivity contribution in [1.29, 1.82) is 0 Å². The molecule has 0 aliphatic rings. The second kappa shape index (κ2) is 5.47. The summed E-state index contributed by atoms with van der Waals surface area (Å²) >= 11 is 5.46. The average Bonchev–Trinajstić information content (AvgIpc) is 2.76. The molecule has 16 heavy (non-hydrogen) atoms. The van der Waals surface area contributed by atoms with Crippen molar-refractivity contribution < 1.29 is 4.74 Å². The standard InChI is InChI=1S/C10H12N2O2S2/c13-10-9-8(1-6-16-9)11-7-12(10)2-3-14-4-5-15/h1,6-7,15H,2-5H2. The number of thiol groups is 1. The van der Waals surface area contributed by atoms with E-state index >= 15 is 0 Å². The number of hydrogen-bond acceptors (Lipinski definition) is 5. The molecule has 0 atom stereocenters. The largest absolute Gasteiger partial charge is 0.379 e. The maximum Gasteiger partial charge on any atom is 0.271 e. The van der Waals surface area contributed by atoms with Crippen LogP contribution in [0.1, 0.15) is 0 Å². The van der Waals surface area contributed by atoms with Gasteiger partial charge in [0.05, 0.1) is 31.6 Å². The van der Waals surface area contributed by atoms with Gasteiger partial charge in [0.1, 0.15) is 4.70 Å². The van der Waals surface area contributed by atoms with Crippen LogP contribution in [0.15, 0.2) is 22.6 Å². The van der Waals surface area contributed by atoms with Crippen LogP contribution in [0.25, 0.3) is 10.2 Å². The van der Waals surface area contributed by atoms with Gasteiger partial charge in [0, 0.05) is 5.75 Å². The normalized spacial score (nSPS) is 11.1. The SMILES string of the molecule is O=c1c2sccc2ncn1CCOCCS. The number of hydrogen-bond donors (Lipinski definition) is 1. The third-order valence-corrected chi connectivity index (χ3v) is 3.22. The van der Waals surface area contributed by atoms with Crippen molar-refractivity contribution in [3.63, 3.8) is 0 Å². The van der Waals surface area contributed by atoms with Crippen LogP contribution in [0.3, 0.4) is 0 Å². The Morgan fingerprint density at radius 2 is 2.38 bits per heavy atom. The van der Waals surface area contributed by atoms with Gasteiger partial charge >= 0.3 is 0 Å². The third-order valence-electron chi connectivity index (χ3n) is 2.15. The Kier molecular flexibility index (Phi) is 3.98. The summed E-state index contributed by atoms with van der Waals surface area (Å²) in [5, 5.41) is 1.88. The van der Waals surface area contributed by atoms with E-state index in [0.717, 1.165) is 5.52 Å². The molecule has 0 fully saturated rings. The monoisotopic (exact) mass is 256 g/mol. The first-order valence-corrected chi connectivity index (χ1v) is 6.45. The lowest BCUT2D eigenvalue weighted by Crippen LogP contribution is -2.22. The lowest BCUT2D eigenvalue weighted by Gasteiger charge is -2.05. The lowest BCUT2D eigenvalue weighted by molar-refractivity contribution is 0.140.